The fourth-order valence-electron chi connectivity index (χ4n) is 2.65. The SMILES string of the molecule is CCOc1ccc(Br)cc1C(N)C1CCCCS1(=O)=O. The Balaban J connectivity index is 2.36. The van der Waals surface area contributed by atoms with Gasteiger partial charge in [0.15, 0.2) is 9.84 Å². The summed E-state index contributed by atoms with van der Waals surface area (Å²) in [6, 6.07) is 5.02. The van der Waals surface area contributed by atoms with Crippen molar-refractivity contribution in [2.24, 2.45) is 5.73 Å². The van der Waals surface area contributed by atoms with Crippen LogP contribution in [0.1, 0.15) is 37.8 Å². The molecule has 0 spiro atoms. The summed E-state index contributed by atoms with van der Waals surface area (Å²) >= 11 is 3.41. The quantitative estimate of drug-likeness (QED) is 0.894. The minimum Gasteiger partial charge on any atom is -0.494 e. The molecule has 2 rings (SSSR count). The van der Waals surface area contributed by atoms with Gasteiger partial charge in [-0.15, -0.1) is 0 Å². The molecular weight excluding hydrogens is 342 g/mol. The van der Waals surface area contributed by atoms with E-state index in [2.05, 4.69) is 15.9 Å². The summed E-state index contributed by atoms with van der Waals surface area (Å²) in [5, 5.41) is -0.509. The number of ether oxygens (including phenoxy) is 1. The molecule has 0 radical (unpaired) electrons. The van der Waals surface area contributed by atoms with E-state index in [1.54, 1.807) is 0 Å². The smallest absolute Gasteiger partial charge is 0.155 e. The van der Waals surface area contributed by atoms with Crippen LogP contribution >= 0.6 is 15.9 Å². The molecule has 1 saturated heterocycles. The third kappa shape index (κ3) is 3.35. The normalized spacial score (nSPS) is 23.2. The van der Waals surface area contributed by atoms with E-state index >= 15 is 0 Å². The van der Waals surface area contributed by atoms with Gasteiger partial charge in [-0.05, 0) is 38.0 Å². The van der Waals surface area contributed by atoms with Crippen LogP contribution in [-0.2, 0) is 9.84 Å². The summed E-state index contributed by atoms with van der Waals surface area (Å²) in [5.41, 5.74) is 7.03. The highest BCUT2D eigenvalue weighted by atomic mass is 79.9. The second kappa shape index (κ2) is 6.45. The first-order chi connectivity index (χ1) is 9.45. The van der Waals surface area contributed by atoms with Gasteiger partial charge in [0.1, 0.15) is 5.75 Å². The number of sulfone groups is 1. The third-order valence-electron chi connectivity index (χ3n) is 3.66. The number of halogens is 1. The largest absolute Gasteiger partial charge is 0.494 e. The van der Waals surface area contributed by atoms with Crippen molar-refractivity contribution in [2.75, 3.05) is 12.4 Å². The highest BCUT2D eigenvalue weighted by Gasteiger charge is 2.35. The molecule has 20 heavy (non-hydrogen) atoms. The van der Waals surface area contributed by atoms with E-state index in [1.807, 2.05) is 25.1 Å². The van der Waals surface area contributed by atoms with Gasteiger partial charge in [-0.2, -0.15) is 0 Å². The van der Waals surface area contributed by atoms with Crippen LogP contribution in [0.25, 0.3) is 0 Å². The molecule has 1 aliphatic rings. The molecule has 0 aliphatic carbocycles. The molecule has 0 bridgehead atoms. The minimum atomic E-state index is -3.11. The predicted octanol–water partition coefficient (Wildman–Crippen LogP) is 2.81. The van der Waals surface area contributed by atoms with E-state index in [0.717, 1.165) is 22.9 Å². The van der Waals surface area contributed by atoms with Gasteiger partial charge in [0.2, 0.25) is 0 Å². The highest BCUT2D eigenvalue weighted by Crippen LogP contribution is 2.35. The molecule has 2 N–H and O–H groups in total. The summed E-state index contributed by atoms with van der Waals surface area (Å²) in [4.78, 5) is 0. The Hall–Kier alpha value is -0.590. The van der Waals surface area contributed by atoms with Crippen molar-refractivity contribution < 1.29 is 13.2 Å². The topological polar surface area (TPSA) is 69.4 Å². The van der Waals surface area contributed by atoms with E-state index in [0.29, 0.717) is 18.8 Å². The van der Waals surface area contributed by atoms with Crippen molar-refractivity contribution in [1.82, 2.24) is 0 Å². The predicted molar refractivity (Wildman–Crippen MR) is 83.7 cm³/mol. The summed E-state index contributed by atoms with van der Waals surface area (Å²) in [6.45, 7) is 2.42. The molecule has 0 saturated carbocycles. The highest BCUT2D eigenvalue weighted by molar-refractivity contribution is 9.10. The monoisotopic (exact) mass is 361 g/mol. The Kier molecular flexibility index (Phi) is 5.09. The van der Waals surface area contributed by atoms with Crippen LogP contribution in [0.4, 0.5) is 0 Å². The van der Waals surface area contributed by atoms with Gasteiger partial charge in [0, 0.05) is 10.0 Å². The second-order valence-electron chi connectivity index (χ2n) is 5.04. The number of hydrogen-bond acceptors (Lipinski definition) is 4. The molecule has 1 fully saturated rings. The van der Waals surface area contributed by atoms with Gasteiger partial charge in [-0.3, -0.25) is 0 Å². The molecule has 4 nitrogen and oxygen atoms in total. The van der Waals surface area contributed by atoms with E-state index in [4.69, 9.17) is 10.5 Å². The van der Waals surface area contributed by atoms with E-state index in [1.165, 1.54) is 0 Å². The minimum absolute atomic E-state index is 0.239. The number of rotatable bonds is 4. The van der Waals surface area contributed by atoms with Crippen molar-refractivity contribution in [3.05, 3.63) is 28.2 Å². The van der Waals surface area contributed by atoms with Crippen LogP contribution in [0.15, 0.2) is 22.7 Å². The fourth-order valence-corrected chi connectivity index (χ4v) is 5.06. The molecule has 2 unspecified atom stereocenters. The maximum atomic E-state index is 12.2. The van der Waals surface area contributed by atoms with Crippen molar-refractivity contribution in [3.63, 3.8) is 0 Å². The first-order valence-corrected chi connectivity index (χ1v) is 9.36. The maximum Gasteiger partial charge on any atom is 0.155 e. The van der Waals surface area contributed by atoms with E-state index < -0.39 is 21.1 Å². The third-order valence-corrected chi connectivity index (χ3v) is 6.46. The van der Waals surface area contributed by atoms with Crippen molar-refractivity contribution >= 4 is 25.8 Å². The summed E-state index contributed by atoms with van der Waals surface area (Å²) < 4.78 is 30.9. The zero-order valence-electron chi connectivity index (χ0n) is 11.5. The lowest BCUT2D eigenvalue weighted by Crippen LogP contribution is -2.38. The first-order valence-electron chi connectivity index (χ1n) is 6.85. The summed E-state index contributed by atoms with van der Waals surface area (Å²) in [7, 11) is -3.11. The zero-order chi connectivity index (χ0) is 14.8. The number of benzene rings is 1. The van der Waals surface area contributed by atoms with Gasteiger partial charge in [-0.25, -0.2) is 8.42 Å². The average Bonchev–Trinajstić information content (AvgIpc) is 2.40. The zero-order valence-corrected chi connectivity index (χ0v) is 13.9. The van der Waals surface area contributed by atoms with E-state index in [-0.39, 0.29) is 5.75 Å². The van der Waals surface area contributed by atoms with Gasteiger partial charge in [0.25, 0.3) is 0 Å². The summed E-state index contributed by atoms with van der Waals surface area (Å²) in [6.07, 6.45) is 2.28. The molecule has 0 amide bonds. The summed E-state index contributed by atoms with van der Waals surface area (Å²) in [5.74, 6) is 0.910. The van der Waals surface area contributed by atoms with Crippen LogP contribution in [-0.4, -0.2) is 26.0 Å². The molecule has 0 aromatic heterocycles. The first kappa shape index (κ1) is 15.8. The fraction of sp³-hybridized carbons (Fsp3) is 0.571. The Morgan fingerprint density at radius 2 is 2.20 bits per heavy atom. The van der Waals surface area contributed by atoms with Crippen LogP contribution < -0.4 is 10.5 Å². The van der Waals surface area contributed by atoms with Crippen molar-refractivity contribution in [3.8, 4) is 5.75 Å². The van der Waals surface area contributed by atoms with Crippen LogP contribution in [0.2, 0.25) is 0 Å². The molecule has 6 heteroatoms. The van der Waals surface area contributed by atoms with Crippen molar-refractivity contribution in [1.29, 1.82) is 0 Å². The Morgan fingerprint density at radius 1 is 1.45 bits per heavy atom. The number of hydrogen-bond donors (Lipinski definition) is 1. The van der Waals surface area contributed by atoms with Gasteiger partial charge in [-0.1, -0.05) is 22.4 Å². The lowest BCUT2D eigenvalue weighted by atomic mass is 9.99. The Morgan fingerprint density at radius 3 is 2.85 bits per heavy atom. The molecule has 1 aliphatic heterocycles. The van der Waals surface area contributed by atoms with Crippen LogP contribution in [0.3, 0.4) is 0 Å². The Labute approximate surface area is 128 Å². The van der Waals surface area contributed by atoms with Crippen LogP contribution in [0.5, 0.6) is 5.75 Å². The average molecular weight is 362 g/mol. The lowest BCUT2D eigenvalue weighted by molar-refractivity contribution is 0.333. The number of nitrogens with two attached hydrogens (primary N) is 1. The molecule has 2 atom stereocenters. The molecule has 1 heterocycles. The van der Waals surface area contributed by atoms with Crippen molar-refractivity contribution in [2.45, 2.75) is 37.5 Å². The lowest BCUT2D eigenvalue weighted by Gasteiger charge is -2.28. The molecular formula is C14H20BrNO3S. The Bertz CT molecular complexity index is 574. The standard InChI is InChI=1S/C14H20BrNO3S/c1-2-19-12-7-6-10(15)9-11(12)14(16)13-5-3-4-8-20(13,17)18/h6-7,9,13-14H,2-5,8,16H2,1H3. The molecule has 112 valence electrons. The maximum absolute atomic E-state index is 12.2. The van der Waals surface area contributed by atoms with Gasteiger partial charge in [0.05, 0.1) is 23.7 Å². The van der Waals surface area contributed by atoms with E-state index in [9.17, 15) is 8.42 Å². The second-order valence-corrected chi connectivity index (χ2v) is 8.30. The van der Waals surface area contributed by atoms with Gasteiger partial charge < -0.3 is 10.5 Å². The van der Waals surface area contributed by atoms with Gasteiger partial charge >= 0.3 is 0 Å². The van der Waals surface area contributed by atoms with Crippen LogP contribution in [0, 0.1) is 0 Å². The molecule has 1 aromatic rings. The molecule has 1 aromatic carbocycles.